The molecule has 0 heterocycles. The summed E-state index contributed by atoms with van der Waals surface area (Å²) in [7, 11) is -0.0502. The molecule has 19 heavy (non-hydrogen) atoms. The molecule has 0 bridgehead atoms. The first-order valence-corrected chi connectivity index (χ1v) is 10.7. The molecule has 0 aromatic carbocycles. The molecule has 0 amide bonds. The fraction of sp³-hybridized carbons (Fsp3) is 0.750. The lowest BCUT2D eigenvalue weighted by Crippen LogP contribution is -2.02. The zero-order valence-electron chi connectivity index (χ0n) is 13.1. The smallest absolute Gasteiger partial charge is 0.0100 e. The minimum atomic E-state index is -0.0502. The average molecular weight is 301 g/mol. The van der Waals surface area contributed by atoms with Gasteiger partial charge in [0.15, 0.2) is 0 Å². The third kappa shape index (κ3) is 9.71. The van der Waals surface area contributed by atoms with Crippen LogP contribution in [0.25, 0.3) is 0 Å². The maximum atomic E-state index is 5.64. The van der Waals surface area contributed by atoms with Crippen LogP contribution >= 0.6 is 19.7 Å². The second-order valence-corrected chi connectivity index (χ2v) is 8.52. The lowest BCUT2D eigenvalue weighted by atomic mass is 10.1. The first kappa shape index (κ1) is 19.2. The van der Waals surface area contributed by atoms with Crippen LogP contribution in [-0.4, -0.2) is 25.6 Å². The molecular formula is C16H32NPS. The number of hydrogen-bond acceptors (Lipinski definition) is 2. The summed E-state index contributed by atoms with van der Waals surface area (Å²) in [4.78, 5) is 1.55. The SMILES string of the molecule is C=C/C(=C(/CCCCCCCC)SCCN)P(C)C. The van der Waals surface area contributed by atoms with Crippen LogP contribution in [0.5, 0.6) is 0 Å². The van der Waals surface area contributed by atoms with E-state index in [-0.39, 0.29) is 7.92 Å². The van der Waals surface area contributed by atoms with Crippen LogP contribution in [0.3, 0.4) is 0 Å². The van der Waals surface area contributed by atoms with Crippen LogP contribution in [-0.2, 0) is 0 Å². The summed E-state index contributed by atoms with van der Waals surface area (Å²) in [6, 6.07) is 0. The Morgan fingerprint density at radius 1 is 1.16 bits per heavy atom. The van der Waals surface area contributed by atoms with Gasteiger partial charge in [0.1, 0.15) is 0 Å². The van der Waals surface area contributed by atoms with Crippen molar-refractivity contribution in [3.63, 3.8) is 0 Å². The molecule has 0 aliphatic heterocycles. The number of hydrogen-bond donors (Lipinski definition) is 1. The van der Waals surface area contributed by atoms with Crippen LogP contribution in [0.2, 0.25) is 0 Å². The molecule has 112 valence electrons. The van der Waals surface area contributed by atoms with Gasteiger partial charge in [0, 0.05) is 12.3 Å². The number of allylic oxidation sites excluding steroid dienone is 3. The monoisotopic (exact) mass is 301 g/mol. The van der Waals surface area contributed by atoms with Gasteiger partial charge in [-0.2, -0.15) is 0 Å². The van der Waals surface area contributed by atoms with E-state index >= 15 is 0 Å². The Hall–Kier alpha value is 0.220. The molecule has 0 radical (unpaired) electrons. The minimum absolute atomic E-state index is 0.0502. The molecule has 0 aliphatic carbocycles. The van der Waals surface area contributed by atoms with E-state index in [0.29, 0.717) is 0 Å². The van der Waals surface area contributed by atoms with Gasteiger partial charge < -0.3 is 5.73 Å². The molecule has 3 heteroatoms. The normalized spacial score (nSPS) is 12.7. The van der Waals surface area contributed by atoms with E-state index in [1.165, 1.54) is 50.3 Å². The topological polar surface area (TPSA) is 26.0 Å². The molecule has 0 aromatic heterocycles. The third-order valence-corrected chi connectivity index (χ3v) is 5.89. The standard InChI is InChI=1S/C16H32NPS/c1-5-7-8-9-10-11-12-16(19-14-13-17)15(6-2)18(3)4/h6H,2,5,7-14,17H2,1,3-4H3/b16-15+. The molecule has 0 saturated heterocycles. The molecule has 0 rings (SSSR count). The highest BCUT2D eigenvalue weighted by Crippen LogP contribution is 2.43. The summed E-state index contributed by atoms with van der Waals surface area (Å²) < 4.78 is 0. The zero-order chi connectivity index (χ0) is 14.5. The van der Waals surface area contributed by atoms with Crippen molar-refractivity contribution in [1.82, 2.24) is 0 Å². The van der Waals surface area contributed by atoms with Crippen LogP contribution in [0.1, 0.15) is 51.9 Å². The van der Waals surface area contributed by atoms with Crippen LogP contribution < -0.4 is 5.73 Å². The quantitative estimate of drug-likeness (QED) is 0.290. The van der Waals surface area contributed by atoms with Crippen molar-refractivity contribution in [1.29, 1.82) is 0 Å². The first-order valence-electron chi connectivity index (χ1n) is 7.53. The Morgan fingerprint density at radius 3 is 2.32 bits per heavy atom. The van der Waals surface area contributed by atoms with Crippen LogP contribution in [0, 0.1) is 0 Å². The summed E-state index contributed by atoms with van der Waals surface area (Å²) in [6.07, 6.45) is 11.5. The minimum Gasteiger partial charge on any atom is -0.330 e. The molecule has 0 aromatic rings. The molecule has 2 N–H and O–H groups in total. The molecule has 0 atom stereocenters. The number of nitrogens with two attached hydrogens (primary N) is 1. The Bertz CT molecular complexity index is 261. The second kappa shape index (κ2) is 13.2. The molecule has 0 spiro atoms. The van der Waals surface area contributed by atoms with E-state index in [1.54, 1.807) is 4.91 Å². The van der Waals surface area contributed by atoms with E-state index in [4.69, 9.17) is 5.73 Å². The molecule has 0 aliphatic rings. The lowest BCUT2D eigenvalue weighted by molar-refractivity contribution is 0.610. The number of unbranched alkanes of at least 4 members (excludes halogenated alkanes) is 5. The second-order valence-electron chi connectivity index (χ2n) is 5.06. The molecule has 1 nitrogen and oxygen atoms in total. The maximum Gasteiger partial charge on any atom is 0.0100 e. The van der Waals surface area contributed by atoms with Crippen molar-refractivity contribution in [3.8, 4) is 0 Å². The van der Waals surface area contributed by atoms with Crippen molar-refractivity contribution < 1.29 is 0 Å². The molecule has 0 saturated carbocycles. The van der Waals surface area contributed by atoms with Gasteiger partial charge in [-0.05, 0) is 36.4 Å². The van der Waals surface area contributed by atoms with Crippen molar-refractivity contribution in [2.45, 2.75) is 51.9 Å². The Kier molecular flexibility index (Phi) is 13.4. The predicted octanol–water partition coefficient (Wildman–Crippen LogP) is 5.57. The highest BCUT2D eigenvalue weighted by atomic mass is 32.2. The van der Waals surface area contributed by atoms with Crippen molar-refractivity contribution in [2.24, 2.45) is 5.73 Å². The van der Waals surface area contributed by atoms with Crippen molar-refractivity contribution in [2.75, 3.05) is 25.6 Å². The van der Waals surface area contributed by atoms with Gasteiger partial charge >= 0.3 is 0 Å². The summed E-state index contributed by atoms with van der Waals surface area (Å²) in [5.74, 6) is 1.03. The van der Waals surface area contributed by atoms with Gasteiger partial charge in [0.05, 0.1) is 0 Å². The molecule has 0 unspecified atom stereocenters. The highest BCUT2D eigenvalue weighted by Gasteiger charge is 2.08. The molecular weight excluding hydrogens is 269 g/mol. The fourth-order valence-corrected chi connectivity index (χ4v) is 4.67. The fourth-order valence-electron chi connectivity index (χ4n) is 2.07. The number of thioether (sulfide) groups is 1. The van der Waals surface area contributed by atoms with Gasteiger partial charge in [0.25, 0.3) is 0 Å². The Balaban J connectivity index is 4.23. The highest BCUT2D eigenvalue weighted by molar-refractivity contribution is 8.03. The average Bonchev–Trinajstić information content (AvgIpc) is 2.39. The summed E-state index contributed by atoms with van der Waals surface area (Å²) >= 11 is 1.95. The van der Waals surface area contributed by atoms with Gasteiger partial charge in [-0.1, -0.05) is 59.6 Å². The van der Waals surface area contributed by atoms with Crippen LogP contribution in [0.15, 0.2) is 22.9 Å². The van der Waals surface area contributed by atoms with E-state index in [0.717, 1.165) is 12.3 Å². The lowest BCUT2D eigenvalue weighted by Gasteiger charge is -2.15. The van der Waals surface area contributed by atoms with Crippen molar-refractivity contribution in [3.05, 3.63) is 22.9 Å². The molecule has 0 fully saturated rings. The van der Waals surface area contributed by atoms with Gasteiger partial charge in [-0.3, -0.25) is 0 Å². The zero-order valence-corrected chi connectivity index (χ0v) is 14.8. The third-order valence-electron chi connectivity index (χ3n) is 3.11. The number of rotatable bonds is 12. The van der Waals surface area contributed by atoms with Gasteiger partial charge in [-0.25, -0.2) is 0 Å². The van der Waals surface area contributed by atoms with E-state index in [9.17, 15) is 0 Å². The van der Waals surface area contributed by atoms with Crippen LogP contribution in [0.4, 0.5) is 0 Å². The Morgan fingerprint density at radius 2 is 1.79 bits per heavy atom. The summed E-state index contributed by atoms with van der Waals surface area (Å²) in [5.41, 5.74) is 5.64. The summed E-state index contributed by atoms with van der Waals surface area (Å²) in [5, 5.41) is 1.49. The first-order chi connectivity index (χ1) is 9.17. The van der Waals surface area contributed by atoms with E-state index < -0.39 is 0 Å². The largest absolute Gasteiger partial charge is 0.330 e. The van der Waals surface area contributed by atoms with Crippen molar-refractivity contribution >= 4 is 19.7 Å². The summed E-state index contributed by atoms with van der Waals surface area (Å²) in [6.45, 7) is 11.7. The Labute approximate surface area is 126 Å². The maximum absolute atomic E-state index is 5.64. The van der Waals surface area contributed by atoms with Gasteiger partial charge in [0.2, 0.25) is 0 Å². The van der Waals surface area contributed by atoms with E-state index in [1.807, 2.05) is 11.8 Å². The van der Waals surface area contributed by atoms with E-state index in [2.05, 4.69) is 32.9 Å². The predicted molar refractivity (Wildman–Crippen MR) is 95.5 cm³/mol. The van der Waals surface area contributed by atoms with Gasteiger partial charge in [-0.15, -0.1) is 11.8 Å².